The van der Waals surface area contributed by atoms with Gasteiger partial charge in [0.2, 0.25) is 10.0 Å². The van der Waals surface area contributed by atoms with Crippen molar-refractivity contribution in [3.05, 3.63) is 54.1 Å². The van der Waals surface area contributed by atoms with E-state index in [9.17, 15) is 13.2 Å². The number of aryl methyl sites for hydroxylation is 1. The van der Waals surface area contributed by atoms with E-state index in [2.05, 4.69) is 34.7 Å². The summed E-state index contributed by atoms with van der Waals surface area (Å²) in [5, 5.41) is 10.9. The van der Waals surface area contributed by atoms with Gasteiger partial charge in [0, 0.05) is 19.1 Å². The van der Waals surface area contributed by atoms with Gasteiger partial charge in [-0.3, -0.25) is 4.79 Å². The maximum absolute atomic E-state index is 13.1. The molecule has 1 aliphatic rings. The molecule has 0 spiro atoms. The molecular weight excluding hydrogens is 454 g/mol. The van der Waals surface area contributed by atoms with Gasteiger partial charge in [0.1, 0.15) is 11.0 Å². The van der Waals surface area contributed by atoms with Gasteiger partial charge in [0.25, 0.3) is 5.91 Å². The number of amides is 1. The molecule has 2 atom stereocenters. The fourth-order valence-corrected chi connectivity index (χ4v) is 5.80. The largest absolute Gasteiger partial charge is 0.385 e. The van der Waals surface area contributed by atoms with Crippen molar-refractivity contribution < 1.29 is 18.0 Å². The van der Waals surface area contributed by atoms with Crippen LogP contribution in [0.25, 0.3) is 11.0 Å². The Kier molecular flexibility index (Phi) is 7.47. The van der Waals surface area contributed by atoms with Gasteiger partial charge in [0.05, 0.1) is 4.90 Å². The molecule has 1 aromatic heterocycles. The highest BCUT2D eigenvalue weighted by atomic mass is 32.2. The smallest absolute Gasteiger partial charge is 0.260 e. The Morgan fingerprint density at radius 1 is 1.24 bits per heavy atom. The summed E-state index contributed by atoms with van der Waals surface area (Å²) in [6.45, 7) is 4.78. The molecule has 3 aromatic rings. The number of aromatic nitrogens is 3. The highest BCUT2D eigenvalue weighted by Gasteiger charge is 2.29. The standard InChI is InChI=1S/C24H31N5O4S/c1-18-7-6-14-28(16-18)34(31,32)21-12-13-22-23(15-21)29(27-26-22)33-17-24(30)25-19(2)10-11-20-8-4-3-5-9-20/h3-5,8-9,12-13,15,18-19H,6-7,10-11,14,16-17H2,1-2H3,(H,25,30)/t18-,19+/m1/s1. The van der Waals surface area contributed by atoms with E-state index in [4.69, 9.17) is 4.84 Å². The number of benzene rings is 2. The summed E-state index contributed by atoms with van der Waals surface area (Å²) in [5.74, 6) is 0.0478. The summed E-state index contributed by atoms with van der Waals surface area (Å²) in [6.07, 6.45) is 3.55. The van der Waals surface area contributed by atoms with E-state index in [0.717, 1.165) is 30.5 Å². The van der Waals surface area contributed by atoms with Crippen LogP contribution in [-0.2, 0) is 21.2 Å². The Bertz CT molecular complexity index is 1230. The molecule has 1 fully saturated rings. The molecule has 34 heavy (non-hydrogen) atoms. The second-order valence-electron chi connectivity index (χ2n) is 8.99. The first-order valence-corrected chi connectivity index (χ1v) is 13.1. The van der Waals surface area contributed by atoms with Crippen molar-refractivity contribution in [3.8, 4) is 0 Å². The van der Waals surface area contributed by atoms with Gasteiger partial charge in [0.15, 0.2) is 6.61 Å². The van der Waals surface area contributed by atoms with Gasteiger partial charge in [-0.05, 0) is 67.5 Å². The normalized spacial score (nSPS) is 18.0. The van der Waals surface area contributed by atoms with Crippen LogP contribution in [0.5, 0.6) is 0 Å². The van der Waals surface area contributed by atoms with Crippen LogP contribution in [-0.4, -0.2) is 59.5 Å². The SMILES string of the molecule is C[C@@H]1CCCN(S(=O)(=O)c2ccc3nnn(OCC(=O)N[C@@H](C)CCc4ccccc4)c3c2)C1. The lowest BCUT2D eigenvalue weighted by molar-refractivity contribution is -0.126. The lowest BCUT2D eigenvalue weighted by Crippen LogP contribution is -2.39. The number of piperidine rings is 1. The van der Waals surface area contributed by atoms with Crippen molar-refractivity contribution in [1.29, 1.82) is 0 Å². The third-order valence-corrected chi connectivity index (χ3v) is 7.94. The van der Waals surface area contributed by atoms with Gasteiger partial charge in [-0.25, -0.2) is 8.42 Å². The van der Waals surface area contributed by atoms with Crippen molar-refractivity contribution in [2.75, 3.05) is 19.7 Å². The number of sulfonamides is 1. The second-order valence-corrected chi connectivity index (χ2v) is 10.9. The van der Waals surface area contributed by atoms with Gasteiger partial charge >= 0.3 is 0 Å². The molecule has 0 aliphatic carbocycles. The molecule has 0 unspecified atom stereocenters. The average molecular weight is 486 g/mol. The highest BCUT2D eigenvalue weighted by molar-refractivity contribution is 7.89. The zero-order chi connectivity index (χ0) is 24.1. The monoisotopic (exact) mass is 485 g/mol. The molecule has 1 saturated heterocycles. The van der Waals surface area contributed by atoms with Crippen LogP contribution in [0.2, 0.25) is 0 Å². The van der Waals surface area contributed by atoms with Crippen molar-refractivity contribution >= 4 is 27.0 Å². The number of nitrogens with zero attached hydrogens (tertiary/aromatic N) is 4. The van der Waals surface area contributed by atoms with Gasteiger partial charge < -0.3 is 10.2 Å². The van der Waals surface area contributed by atoms with E-state index in [0.29, 0.717) is 30.0 Å². The molecule has 0 saturated carbocycles. The Morgan fingerprint density at radius 3 is 2.79 bits per heavy atom. The number of nitrogens with one attached hydrogen (secondary N) is 1. The third kappa shape index (κ3) is 5.74. The predicted molar refractivity (Wildman–Crippen MR) is 128 cm³/mol. The van der Waals surface area contributed by atoms with E-state index in [1.165, 1.54) is 22.0 Å². The van der Waals surface area contributed by atoms with E-state index < -0.39 is 10.0 Å². The van der Waals surface area contributed by atoms with E-state index in [1.54, 1.807) is 6.07 Å². The van der Waals surface area contributed by atoms with E-state index in [-0.39, 0.29) is 23.5 Å². The Labute approximate surface area is 200 Å². The first-order valence-electron chi connectivity index (χ1n) is 11.6. The summed E-state index contributed by atoms with van der Waals surface area (Å²) in [5.41, 5.74) is 2.11. The first kappa shape index (κ1) is 24.2. The molecule has 4 rings (SSSR count). The van der Waals surface area contributed by atoms with Crippen LogP contribution < -0.4 is 10.2 Å². The molecular formula is C24H31N5O4S. The summed E-state index contributed by atoms with van der Waals surface area (Å²) in [7, 11) is -3.63. The predicted octanol–water partition coefficient (Wildman–Crippen LogP) is 2.42. The number of hydrogen-bond donors (Lipinski definition) is 1. The Balaban J connectivity index is 1.37. The third-order valence-electron chi connectivity index (χ3n) is 6.08. The first-order chi connectivity index (χ1) is 16.3. The minimum atomic E-state index is -3.63. The highest BCUT2D eigenvalue weighted by Crippen LogP contribution is 2.25. The fraction of sp³-hybridized carbons (Fsp3) is 0.458. The van der Waals surface area contributed by atoms with Crippen LogP contribution in [0, 0.1) is 5.92 Å². The fourth-order valence-electron chi connectivity index (χ4n) is 4.18. The molecule has 2 aromatic carbocycles. The summed E-state index contributed by atoms with van der Waals surface area (Å²) < 4.78 is 27.8. The summed E-state index contributed by atoms with van der Waals surface area (Å²) >= 11 is 0. The Morgan fingerprint density at radius 2 is 2.03 bits per heavy atom. The Hall–Kier alpha value is -2.98. The molecule has 182 valence electrons. The number of rotatable bonds is 9. The quantitative estimate of drug-likeness (QED) is 0.499. The maximum atomic E-state index is 13.1. The van der Waals surface area contributed by atoms with Gasteiger partial charge in [-0.15, -0.1) is 5.10 Å². The van der Waals surface area contributed by atoms with Crippen molar-refractivity contribution in [1.82, 2.24) is 24.8 Å². The zero-order valence-corrected chi connectivity index (χ0v) is 20.4. The lowest BCUT2D eigenvalue weighted by Gasteiger charge is -2.30. The summed E-state index contributed by atoms with van der Waals surface area (Å²) in [6, 6.07) is 14.7. The zero-order valence-electron chi connectivity index (χ0n) is 19.6. The molecule has 1 aliphatic heterocycles. The number of hydrogen-bond acceptors (Lipinski definition) is 6. The number of fused-ring (bicyclic) bond motifs is 1. The topological polar surface area (TPSA) is 106 Å². The molecule has 9 nitrogen and oxygen atoms in total. The van der Waals surface area contributed by atoms with Crippen molar-refractivity contribution in [3.63, 3.8) is 0 Å². The molecule has 1 amide bonds. The van der Waals surface area contributed by atoms with Crippen LogP contribution in [0.4, 0.5) is 0 Å². The maximum Gasteiger partial charge on any atom is 0.260 e. The van der Waals surface area contributed by atoms with Gasteiger partial charge in [-0.2, -0.15) is 4.31 Å². The van der Waals surface area contributed by atoms with Crippen LogP contribution in [0.1, 0.15) is 38.7 Å². The average Bonchev–Trinajstić information content (AvgIpc) is 3.24. The number of carbonyl (C=O) groups excluding carboxylic acids is 1. The molecule has 1 N–H and O–H groups in total. The van der Waals surface area contributed by atoms with Crippen LogP contribution >= 0.6 is 0 Å². The molecule has 2 heterocycles. The molecule has 10 heteroatoms. The molecule has 0 radical (unpaired) electrons. The van der Waals surface area contributed by atoms with Crippen molar-refractivity contribution in [2.24, 2.45) is 5.92 Å². The van der Waals surface area contributed by atoms with Crippen molar-refractivity contribution in [2.45, 2.75) is 50.5 Å². The number of carbonyl (C=O) groups is 1. The minimum absolute atomic E-state index is 0.0209. The molecule has 0 bridgehead atoms. The van der Waals surface area contributed by atoms with E-state index >= 15 is 0 Å². The van der Waals surface area contributed by atoms with E-state index in [1.807, 2.05) is 25.1 Å². The minimum Gasteiger partial charge on any atom is -0.385 e. The second kappa shape index (κ2) is 10.5. The van der Waals surface area contributed by atoms with Gasteiger partial charge in [-0.1, -0.05) is 42.1 Å². The summed E-state index contributed by atoms with van der Waals surface area (Å²) in [4.78, 5) is 19.2. The van der Waals surface area contributed by atoms with Crippen LogP contribution in [0.3, 0.4) is 0 Å². The lowest BCUT2D eigenvalue weighted by atomic mass is 10.0. The van der Waals surface area contributed by atoms with Crippen LogP contribution in [0.15, 0.2) is 53.4 Å².